The second-order valence-corrected chi connectivity index (χ2v) is 5.62. The topological polar surface area (TPSA) is 75.6 Å². The highest BCUT2D eigenvalue weighted by atomic mass is 19.1. The van der Waals surface area contributed by atoms with Crippen molar-refractivity contribution in [1.82, 2.24) is 14.9 Å². The fourth-order valence-corrected chi connectivity index (χ4v) is 2.56. The molecular formula is C17H16F2N4O3. The van der Waals surface area contributed by atoms with Gasteiger partial charge in [-0.3, -0.25) is 4.79 Å². The minimum atomic E-state index is -1.03. The van der Waals surface area contributed by atoms with Crippen molar-refractivity contribution in [2.24, 2.45) is 0 Å². The lowest BCUT2D eigenvalue weighted by molar-refractivity contribution is -0.134. The predicted octanol–water partition coefficient (Wildman–Crippen LogP) is 1.26. The number of hydrogen-bond donors (Lipinski definition) is 0. The Morgan fingerprint density at radius 3 is 2.42 bits per heavy atom. The molecule has 26 heavy (non-hydrogen) atoms. The lowest BCUT2D eigenvalue weighted by Crippen LogP contribution is -2.50. The molecule has 7 nitrogen and oxygen atoms in total. The van der Waals surface area contributed by atoms with Crippen LogP contribution in [0.3, 0.4) is 0 Å². The lowest BCUT2D eigenvalue weighted by atomic mass is 10.2. The summed E-state index contributed by atoms with van der Waals surface area (Å²) in [5.74, 6) is -2.62. The van der Waals surface area contributed by atoms with E-state index in [2.05, 4.69) is 9.97 Å². The van der Waals surface area contributed by atoms with Crippen LogP contribution in [0.1, 0.15) is 10.4 Å². The van der Waals surface area contributed by atoms with Crippen LogP contribution < -0.4 is 4.90 Å². The maximum Gasteiger partial charge on any atom is 0.341 e. The van der Waals surface area contributed by atoms with Crippen molar-refractivity contribution in [3.8, 4) is 0 Å². The van der Waals surface area contributed by atoms with Crippen LogP contribution in [0.15, 0.2) is 36.7 Å². The number of esters is 1. The SMILES string of the molecule is O=C(OCC(=O)N1CCN(c2ncccn2)CC1)c1ccc(F)cc1F. The van der Waals surface area contributed by atoms with E-state index in [0.717, 1.165) is 12.1 Å². The molecule has 1 aliphatic rings. The third-order valence-electron chi connectivity index (χ3n) is 3.95. The molecule has 1 fully saturated rings. The number of carbonyl (C=O) groups excluding carboxylic acids is 2. The molecule has 0 N–H and O–H groups in total. The zero-order valence-corrected chi connectivity index (χ0v) is 13.8. The third-order valence-corrected chi connectivity index (χ3v) is 3.95. The molecule has 0 radical (unpaired) electrons. The van der Waals surface area contributed by atoms with Crippen LogP contribution >= 0.6 is 0 Å². The normalized spacial score (nSPS) is 14.2. The first-order valence-electron chi connectivity index (χ1n) is 7.96. The van der Waals surface area contributed by atoms with Gasteiger partial charge in [0.1, 0.15) is 11.6 Å². The van der Waals surface area contributed by atoms with Gasteiger partial charge in [-0.1, -0.05) is 0 Å². The van der Waals surface area contributed by atoms with E-state index in [1.54, 1.807) is 23.4 Å². The first kappa shape index (κ1) is 17.7. The molecule has 1 amide bonds. The molecule has 3 rings (SSSR count). The Morgan fingerprint density at radius 2 is 1.77 bits per heavy atom. The number of rotatable bonds is 4. The number of anilines is 1. The summed E-state index contributed by atoms with van der Waals surface area (Å²) >= 11 is 0. The molecule has 2 aromatic rings. The van der Waals surface area contributed by atoms with Gasteiger partial charge in [0, 0.05) is 44.6 Å². The van der Waals surface area contributed by atoms with Gasteiger partial charge < -0.3 is 14.5 Å². The second kappa shape index (κ2) is 7.85. The maximum absolute atomic E-state index is 13.5. The summed E-state index contributed by atoms with van der Waals surface area (Å²) < 4.78 is 31.2. The van der Waals surface area contributed by atoms with Crippen LogP contribution in [-0.2, 0) is 9.53 Å². The summed E-state index contributed by atoms with van der Waals surface area (Å²) in [4.78, 5) is 35.8. The third kappa shape index (κ3) is 4.11. The van der Waals surface area contributed by atoms with Gasteiger partial charge in [0.25, 0.3) is 5.91 Å². The van der Waals surface area contributed by atoms with Gasteiger partial charge in [0.15, 0.2) is 6.61 Å². The number of hydrogen-bond acceptors (Lipinski definition) is 6. The van der Waals surface area contributed by atoms with Gasteiger partial charge in [-0.25, -0.2) is 23.5 Å². The average Bonchev–Trinajstić information content (AvgIpc) is 2.66. The highest BCUT2D eigenvalue weighted by Crippen LogP contribution is 2.12. The van der Waals surface area contributed by atoms with Crippen molar-refractivity contribution >= 4 is 17.8 Å². The van der Waals surface area contributed by atoms with Gasteiger partial charge in [-0.2, -0.15) is 0 Å². The van der Waals surface area contributed by atoms with Crippen molar-refractivity contribution in [2.45, 2.75) is 0 Å². The maximum atomic E-state index is 13.5. The van der Waals surface area contributed by atoms with Crippen molar-refractivity contribution in [3.63, 3.8) is 0 Å². The van der Waals surface area contributed by atoms with E-state index in [-0.39, 0.29) is 5.91 Å². The summed E-state index contributed by atoms with van der Waals surface area (Å²) in [6, 6.07) is 4.24. The zero-order chi connectivity index (χ0) is 18.5. The monoisotopic (exact) mass is 362 g/mol. The average molecular weight is 362 g/mol. The van der Waals surface area contributed by atoms with Crippen LogP contribution in [0.4, 0.5) is 14.7 Å². The Hall–Kier alpha value is -3.10. The molecule has 1 aliphatic heterocycles. The summed E-state index contributed by atoms with van der Waals surface area (Å²) in [6.45, 7) is 1.46. The van der Waals surface area contributed by atoms with Crippen LogP contribution in [-0.4, -0.2) is 59.5 Å². The fourth-order valence-electron chi connectivity index (χ4n) is 2.56. The van der Waals surface area contributed by atoms with E-state index in [0.29, 0.717) is 38.2 Å². The summed E-state index contributed by atoms with van der Waals surface area (Å²) in [5.41, 5.74) is -0.412. The minimum Gasteiger partial charge on any atom is -0.452 e. The standard InChI is InChI=1S/C17H16F2N4O3/c18-12-2-3-13(14(19)10-12)16(25)26-11-15(24)22-6-8-23(9-7-22)17-20-4-1-5-21-17/h1-5,10H,6-9,11H2. The number of amides is 1. The Kier molecular flexibility index (Phi) is 5.35. The highest BCUT2D eigenvalue weighted by Gasteiger charge is 2.24. The minimum absolute atomic E-state index is 0.380. The summed E-state index contributed by atoms with van der Waals surface area (Å²) in [5, 5.41) is 0. The highest BCUT2D eigenvalue weighted by molar-refractivity contribution is 5.91. The Bertz CT molecular complexity index is 796. The zero-order valence-electron chi connectivity index (χ0n) is 13.8. The smallest absolute Gasteiger partial charge is 0.341 e. The molecule has 0 bridgehead atoms. The molecule has 0 atom stereocenters. The van der Waals surface area contributed by atoms with E-state index < -0.39 is 29.8 Å². The van der Waals surface area contributed by atoms with E-state index in [1.165, 1.54) is 0 Å². The predicted molar refractivity (Wildman–Crippen MR) is 87.5 cm³/mol. The van der Waals surface area contributed by atoms with E-state index >= 15 is 0 Å². The van der Waals surface area contributed by atoms with Crippen LogP contribution in [0, 0.1) is 11.6 Å². The van der Waals surface area contributed by atoms with Gasteiger partial charge in [-0.05, 0) is 18.2 Å². The van der Waals surface area contributed by atoms with Gasteiger partial charge in [-0.15, -0.1) is 0 Å². The molecule has 0 saturated carbocycles. The molecule has 1 aromatic carbocycles. The molecule has 0 aliphatic carbocycles. The molecule has 0 spiro atoms. The number of nitrogens with zero attached hydrogens (tertiary/aromatic N) is 4. The number of carbonyl (C=O) groups is 2. The molecule has 1 aromatic heterocycles. The van der Waals surface area contributed by atoms with Crippen molar-refractivity contribution in [3.05, 3.63) is 53.9 Å². The number of ether oxygens (including phenoxy) is 1. The Balaban J connectivity index is 1.49. The fraction of sp³-hybridized carbons (Fsp3) is 0.294. The molecular weight excluding hydrogens is 346 g/mol. The second-order valence-electron chi connectivity index (χ2n) is 5.62. The molecule has 0 unspecified atom stereocenters. The molecule has 2 heterocycles. The summed E-state index contributed by atoms with van der Waals surface area (Å²) in [6.07, 6.45) is 3.29. The van der Waals surface area contributed by atoms with Crippen molar-refractivity contribution in [1.29, 1.82) is 0 Å². The van der Waals surface area contributed by atoms with Crippen molar-refractivity contribution in [2.75, 3.05) is 37.7 Å². The van der Waals surface area contributed by atoms with E-state index in [9.17, 15) is 18.4 Å². The van der Waals surface area contributed by atoms with Gasteiger partial charge >= 0.3 is 5.97 Å². The number of piperazine rings is 1. The van der Waals surface area contributed by atoms with Crippen LogP contribution in [0.5, 0.6) is 0 Å². The quantitative estimate of drug-likeness (QED) is 0.763. The van der Waals surface area contributed by atoms with Gasteiger partial charge in [0.05, 0.1) is 5.56 Å². The van der Waals surface area contributed by atoms with Crippen LogP contribution in [0.25, 0.3) is 0 Å². The van der Waals surface area contributed by atoms with Gasteiger partial charge in [0.2, 0.25) is 5.95 Å². The Morgan fingerprint density at radius 1 is 1.08 bits per heavy atom. The molecule has 136 valence electrons. The number of aromatic nitrogens is 2. The van der Waals surface area contributed by atoms with E-state index in [4.69, 9.17) is 4.74 Å². The van der Waals surface area contributed by atoms with Crippen LogP contribution in [0.2, 0.25) is 0 Å². The van der Waals surface area contributed by atoms with E-state index in [1.807, 2.05) is 4.90 Å². The first-order valence-corrected chi connectivity index (χ1v) is 7.96. The largest absolute Gasteiger partial charge is 0.452 e. The summed E-state index contributed by atoms with van der Waals surface area (Å²) in [7, 11) is 0. The lowest BCUT2D eigenvalue weighted by Gasteiger charge is -2.34. The Labute approximate surface area is 148 Å². The number of halogens is 2. The number of benzene rings is 1. The molecule has 9 heteroatoms. The first-order chi connectivity index (χ1) is 12.5. The molecule has 1 saturated heterocycles. The van der Waals surface area contributed by atoms with Crippen molar-refractivity contribution < 1.29 is 23.1 Å².